The van der Waals surface area contributed by atoms with E-state index in [2.05, 4.69) is 16.2 Å². The predicted molar refractivity (Wildman–Crippen MR) is 38.4 cm³/mol. The molecule has 1 radical (unpaired) electrons. The quantitative estimate of drug-likeness (QED) is 0.537. The summed E-state index contributed by atoms with van der Waals surface area (Å²) in [6.45, 7) is 0. The number of fused-ring (bicyclic) bond motifs is 1. The summed E-state index contributed by atoms with van der Waals surface area (Å²) in [6.07, 6.45) is 6.23. The second-order valence-electron chi connectivity index (χ2n) is 2.01. The zero-order valence-electron chi connectivity index (χ0n) is 5.28. The van der Waals surface area contributed by atoms with Gasteiger partial charge in [0.25, 0.3) is 0 Å². The highest BCUT2D eigenvalue weighted by Gasteiger charge is 1.88. The molecule has 0 fully saturated rings. The normalized spacial score (nSPS) is 10.0. The molecule has 0 aliphatic carbocycles. The zero-order chi connectivity index (χ0) is 6.81. The third kappa shape index (κ3) is 0.739. The minimum absolute atomic E-state index is 0.894. The van der Waals surface area contributed by atoms with E-state index >= 15 is 0 Å². The third-order valence-electron chi connectivity index (χ3n) is 1.36. The first kappa shape index (κ1) is 5.35. The molecule has 47 valence electrons. The Hall–Kier alpha value is -1.44. The molecule has 0 aliphatic rings. The lowest BCUT2D eigenvalue weighted by Crippen LogP contribution is -1.77. The fourth-order valence-corrected chi connectivity index (χ4v) is 0.865. The van der Waals surface area contributed by atoms with Crippen molar-refractivity contribution in [1.82, 2.24) is 9.97 Å². The van der Waals surface area contributed by atoms with Crippen LogP contribution in [0.3, 0.4) is 0 Å². The van der Waals surface area contributed by atoms with E-state index in [-0.39, 0.29) is 0 Å². The van der Waals surface area contributed by atoms with Crippen molar-refractivity contribution in [3.05, 3.63) is 36.8 Å². The number of nitrogens with zero attached hydrogens (tertiary/aromatic N) is 2. The van der Waals surface area contributed by atoms with Gasteiger partial charge >= 0.3 is 0 Å². The number of hydrogen-bond donors (Lipinski definition) is 0. The van der Waals surface area contributed by atoms with Crippen molar-refractivity contribution >= 4 is 10.9 Å². The first-order valence-corrected chi connectivity index (χ1v) is 3.03. The van der Waals surface area contributed by atoms with Gasteiger partial charge in [0, 0.05) is 11.6 Å². The minimum Gasteiger partial charge on any atom is -0.262 e. The van der Waals surface area contributed by atoms with Gasteiger partial charge in [0.1, 0.15) is 0 Å². The molecule has 0 aromatic carbocycles. The van der Waals surface area contributed by atoms with Gasteiger partial charge < -0.3 is 0 Å². The molecule has 2 heterocycles. The van der Waals surface area contributed by atoms with Crippen LogP contribution in [-0.4, -0.2) is 9.97 Å². The van der Waals surface area contributed by atoms with Gasteiger partial charge in [-0.3, -0.25) is 4.98 Å². The van der Waals surface area contributed by atoms with Crippen LogP contribution in [0, 0.1) is 6.20 Å². The highest BCUT2D eigenvalue weighted by atomic mass is 14.7. The zero-order valence-corrected chi connectivity index (χ0v) is 5.28. The van der Waals surface area contributed by atoms with Crippen molar-refractivity contribution in [2.45, 2.75) is 0 Å². The van der Waals surface area contributed by atoms with Crippen LogP contribution in [0.1, 0.15) is 0 Å². The number of pyridine rings is 2. The molecule has 2 aromatic rings. The summed E-state index contributed by atoms with van der Waals surface area (Å²) in [5.41, 5.74) is 0.894. The Morgan fingerprint density at radius 2 is 2.30 bits per heavy atom. The first-order chi connectivity index (χ1) is 4.97. The summed E-state index contributed by atoms with van der Waals surface area (Å²) in [6, 6.07) is 5.68. The van der Waals surface area contributed by atoms with Crippen molar-refractivity contribution in [3.63, 3.8) is 0 Å². The van der Waals surface area contributed by atoms with E-state index in [1.807, 2.05) is 12.1 Å². The molecule has 0 aliphatic heterocycles. The summed E-state index contributed by atoms with van der Waals surface area (Å²) < 4.78 is 0. The molecule has 0 amide bonds. The van der Waals surface area contributed by atoms with Gasteiger partial charge in [0.15, 0.2) is 0 Å². The molecule has 0 saturated carbocycles. The van der Waals surface area contributed by atoms with Gasteiger partial charge in [0.2, 0.25) is 0 Å². The lowest BCUT2D eigenvalue weighted by atomic mass is 10.3. The lowest BCUT2D eigenvalue weighted by molar-refractivity contribution is 1.30. The molecule has 2 rings (SSSR count). The fraction of sp³-hybridized carbons (Fsp3) is 0. The fourth-order valence-electron chi connectivity index (χ4n) is 0.865. The number of aromatic nitrogens is 2. The summed E-state index contributed by atoms with van der Waals surface area (Å²) >= 11 is 0. The van der Waals surface area contributed by atoms with E-state index in [9.17, 15) is 0 Å². The van der Waals surface area contributed by atoms with E-state index in [0.717, 1.165) is 10.9 Å². The average molecular weight is 129 g/mol. The first-order valence-electron chi connectivity index (χ1n) is 3.03. The smallest absolute Gasteiger partial charge is 0.0894 e. The van der Waals surface area contributed by atoms with Crippen molar-refractivity contribution in [2.24, 2.45) is 0 Å². The van der Waals surface area contributed by atoms with Crippen LogP contribution in [0.4, 0.5) is 0 Å². The SMILES string of the molecule is [c]1ccc2ccncc2n1. The summed E-state index contributed by atoms with van der Waals surface area (Å²) in [5, 5.41) is 1.11. The molecule has 0 unspecified atom stereocenters. The highest BCUT2D eigenvalue weighted by Crippen LogP contribution is 2.05. The predicted octanol–water partition coefficient (Wildman–Crippen LogP) is 1.43. The van der Waals surface area contributed by atoms with Gasteiger partial charge in [-0.15, -0.1) is 0 Å². The Balaban J connectivity index is 2.89. The molecule has 10 heavy (non-hydrogen) atoms. The molecule has 2 heteroatoms. The molecular formula is C8H5N2. The van der Waals surface area contributed by atoms with Crippen molar-refractivity contribution in [1.29, 1.82) is 0 Å². The molecule has 0 spiro atoms. The van der Waals surface area contributed by atoms with Gasteiger partial charge in [-0.2, -0.15) is 0 Å². The van der Waals surface area contributed by atoms with E-state index < -0.39 is 0 Å². The van der Waals surface area contributed by atoms with E-state index in [0.29, 0.717) is 0 Å². The number of hydrogen-bond acceptors (Lipinski definition) is 2. The molecule has 2 nitrogen and oxygen atoms in total. The van der Waals surface area contributed by atoms with Gasteiger partial charge in [-0.05, 0) is 12.1 Å². The molecule has 0 atom stereocenters. The summed E-state index contributed by atoms with van der Waals surface area (Å²) in [4.78, 5) is 7.92. The van der Waals surface area contributed by atoms with Crippen LogP contribution in [0.25, 0.3) is 10.9 Å². The van der Waals surface area contributed by atoms with Gasteiger partial charge in [0.05, 0.1) is 17.9 Å². The standard InChI is InChI=1S/C8H5N2/c1-2-7-3-5-9-6-8(7)10-4-1/h1-3,5-6H. The third-order valence-corrected chi connectivity index (χ3v) is 1.36. The Bertz CT molecular complexity index is 278. The second kappa shape index (κ2) is 2.06. The lowest BCUT2D eigenvalue weighted by Gasteiger charge is -1.90. The van der Waals surface area contributed by atoms with Crippen LogP contribution < -0.4 is 0 Å². The van der Waals surface area contributed by atoms with E-state index in [1.54, 1.807) is 18.5 Å². The van der Waals surface area contributed by atoms with Crippen LogP contribution in [0.5, 0.6) is 0 Å². The van der Waals surface area contributed by atoms with Crippen LogP contribution in [0.2, 0.25) is 0 Å². The Morgan fingerprint density at radius 3 is 3.20 bits per heavy atom. The monoisotopic (exact) mass is 129 g/mol. The van der Waals surface area contributed by atoms with Crippen molar-refractivity contribution in [2.75, 3.05) is 0 Å². The maximum atomic E-state index is 3.99. The van der Waals surface area contributed by atoms with Crippen molar-refractivity contribution in [3.8, 4) is 0 Å². The number of rotatable bonds is 0. The Kier molecular flexibility index (Phi) is 1.10. The molecule has 2 aromatic heterocycles. The van der Waals surface area contributed by atoms with Crippen molar-refractivity contribution < 1.29 is 0 Å². The topological polar surface area (TPSA) is 25.8 Å². The van der Waals surface area contributed by atoms with E-state index in [1.165, 1.54) is 0 Å². The molecule has 0 N–H and O–H groups in total. The summed E-state index contributed by atoms with van der Waals surface area (Å²) in [5.74, 6) is 0. The second-order valence-corrected chi connectivity index (χ2v) is 2.01. The van der Waals surface area contributed by atoms with Gasteiger partial charge in [-0.25, -0.2) is 4.98 Å². The molecular weight excluding hydrogens is 124 g/mol. The van der Waals surface area contributed by atoms with E-state index in [4.69, 9.17) is 0 Å². The Morgan fingerprint density at radius 1 is 1.30 bits per heavy atom. The maximum absolute atomic E-state index is 3.99. The largest absolute Gasteiger partial charge is 0.262 e. The van der Waals surface area contributed by atoms with Crippen LogP contribution in [0.15, 0.2) is 30.6 Å². The highest BCUT2D eigenvalue weighted by molar-refractivity contribution is 5.76. The van der Waals surface area contributed by atoms with Gasteiger partial charge in [-0.1, -0.05) is 6.07 Å². The maximum Gasteiger partial charge on any atom is 0.0894 e. The Labute approximate surface area is 58.6 Å². The molecule has 0 saturated heterocycles. The summed E-state index contributed by atoms with van der Waals surface area (Å²) in [7, 11) is 0. The minimum atomic E-state index is 0.894. The molecule has 0 bridgehead atoms. The van der Waals surface area contributed by atoms with Crippen LogP contribution >= 0.6 is 0 Å². The average Bonchev–Trinajstić information content (AvgIpc) is 2.05. The van der Waals surface area contributed by atoms with Crippen LogP contribution in [-0.2, 0) is 0 Å².